The molecule has 0 aliphatic rings. The zero-order valence-electron chi connectivity index (χ0n) is 10.7. The Morgan fingerprint density at radius 1 is 1.31 bits per heavy atom. The molecule has 0 bridgehead atoms. The molecule has 1 aromatic heterocycles. The molecule has 1 aromatic rings. The minimum atomic E-state index is 0.0620. The van der Waals surface area contributed by atoms with Crippen LogP contribution in [0.5, 0.6) is 0 Å². The quantitative estimate of drug-likeness (QED) is 0.844. The number of pyridine rings is 1. The van der Waals surface area contributed by atoms with Gasteiger partial charge in [-0.3, -0.25) is 4.79 Å². The van der Waals surface area contributed by atoms with Crippen LogP contribution >= 0.6 is 0 Å². The number of aromatic nitrogens is 1. The first-order valence-corrected chi connectivity index (χ1v) is 5.83. The second kappa shape index (κ2) is 5.30. The van der Waals surface area contributed by atoms with Crippen molar-refractivity contribution in [2.75, 3.05) is 6.54 Å². The maximum absolute atomic E-state index is 11.0. The van der Waals surface area contributed by atoms with Crippen molar-refractivity contribution in [2.24, 2.45) is 5.41 Å². The summed E-state index contributed by atoms with van der Waals surface area (Å²) in [4.78, 5) is 11.0. The first-order valence-electron chi connectivity index (χ1n) is 5.83. The Hall–Kier alpha value is -1.09. The third-order valence-corrected chi connectivity index (χ3v) is 2.75. The van der Waals surface area contributed by atoms with Crippen LogP contribution in [-0.4, -0.2) is 17.2 Å². The number of likely N-dealkylation sites (N-methyl/N-ethyl adjacent to an activating group) is 1. The highest BCUT2D eigenvalue weighted by Gasteiger charge is 2.23. The average Bonchev–Trinajstić information content (AvgIpc) is 2.19. The lowest BCUT2D eigenvalue weighted by atomic mass is 9.86. The molecular formula is C13H22N2O. The Morgan fingerprint density at radius 2 is 1.88 bits per heavy atom. The molecule has 0 spiro atoms. The van der Waals surface area contributed by atoms with Crippen LogP contribution in [-0.2, 0) is 6.54 Å². The van der Waals surface area contributed by atoms with E-state index in [1.54, 1.807) is 12.1 Å². The Kier molecular flexibility index (Phi) is 4.30. The molecule has 0 aliphatic heterocycles. The first-order chi connectivity index (χ1) is 7.43. The first kappa shape index (κ1) is 13.0. The van der Waals surface area contributed by atoms with E-state index in [-0.39, 0.29) is 10.8 Å². The summed E-state index contributed by atoms with van der Waals surface area (Å²) in [5, 5.41) is 3.49. The highest BCUT2D eigenvalue weighted by molar-refractivity contribution is 4.95. The smallest absolute Gasteiger partial charge is 0.181 e. The Balaban J connectivity index is 2.75. The summed E-state index contributed by atoms with van der Waals surface area (Å²) >= 11 is 0. The highest BCUT2D eigenvalue weighted by Crippen LogP contribution is 2.20. The third kappa shape index (κ3) is 3.81. The third-order valence-electron chi connectivity index (χ3n) is 2.75. The van der Waals surface area contributed by atoms with E-state index in [1.165, 1.54) is 0 Å². The van der Waals surface area contributed by atoms with Gasteiger partial charge in [-0.15, -0.1) is 0 Å². The van der Waals surface area contributed by atoms with Crippen LogP contribution in [0, 0.1) is 5.41 Å². The molecule has 0 aromatic carbocycles. The Morgan fingerprint density at radius 3 is 2.31 bits per heavy atom. The second-order valence-electron chi connectivity index (χ2n) is 5.21. The van der Waals surface area contributed by atoms with E-state index in [0.29, 0.717) is 6.04 Å². The van der Waals surface area contributed by atoms with Gasteiger partial charge >= 0.3 is 0 Å². The molecule has 0 fully saturated rings. The van der Waals surface area contributed by atoms with Gasteiger partial charge in [-0.05, 0) is 12.0 Å². The topological polar surface area (TPSA) is 34.0 Å². The van der Waals surface area contributed by atoms with Crippen molar-refractivity contribution in [3.8, 4) is 0 Å². The molecule has 1 N–H and O–H groups in total. The lowest BCUT2D eigenvalue weighted by molar-refractivity contribution is 0.245. The van der Waals surface area contributed by atoms with Crippen LogP contribution < -0.4 is 10.7 Å². The fraction of sp³-hybridized carbons (Fsp3) is 0.615. The van der Waals surface area contributed by atoms with Crippen molar-refractivity contribution in [2.45, 2.75) is 40.3 Å². The molecule has 0 amide bonds. The summed E-state index contributed by atoms with van der Waals surface area (Å²) in [6.45, 7) is 10.6. The fourth-order valence-electron chi connectivity index (χ4n) is 1.67. The highest BCUT2D eigenvalue weighted by atomic mass is 16.1. The van der Waals surface area contributed by atoms with E-state index in [9.17, 15) is 4.79 Å². The number of hydrogen-bond donors (Lipinski definition) is 1. The molecule has 0 saturated heterocycles. The summed E-state index contributed by atoms with van der Waals surface area (Å²) in [7, 11) is 0. The van der Waals surface area contributed by atoms with Gasteiger partial charge in [0.15, 0.2) is 5.43 Å². The van der Waals surface area contributed by atoms with Crippen molar-refractivity contribution in [3.63, 3.8) is 0 Å². The average molecular weight is 222 g/mol. The van der Waals surface area contributed by atoms with E-state index in [1.807, 2.05) is 12.4 Å². The van der Waals surface area contributed by atoms with Crippen molar-refractivity contribution < 1.29 is 0 Å². The largest absolute Gasteiger partial charge is 0.352 e. The zero-order valence-corrected chi connectivity index (χ0v) is 10.7. The van der Waals surface area contributed by atoms with Crippen molar-refractivity contribution in [1.82, 2.24) is 9.88 Å². The lowest BCUT2D eigenvalue weighted by Crippen LogP contribution is -2.43. The monoisotopic (exact) mass is 222 g/mol. The van der Waals surface area contributed by atoms with Crippen LogP contribution in [0.4, 0.5) is 0 Å². The number of nitrogens with zero attached hydrogens (tertiary/aromatic N) is 1. The predicted molar refractivity (Wildman–Crippen MR) is 67.6 cm³/mol. The van der Waals surface area contributed by atoms with Gasteiger partial charge in [-0.25, -0.2) is 0 Å². The molecule has 0 radical (unpaired) electrons. The van der Waals surface area contributed by atoms with E-state index in [2.05, 4.69) is 37.6 Å². The van der Waals surface area contributed by atoms with Gasteiger partial charge in [0, 0.05) is 37.1 Å². The van der Waals surface area contributed by atoms with Gasteiger partial charge in [0.25, 0.3) is 0 Å². The van der Waals surface area contributed by atoms with Crippen LogP contribution in [0.1, 0.15) is 27.7 Å². The van der Waals surface area contributed by atoms with E-state index >= 15 is 0 Å². The van der Waals surface area contributed by atoms with Crippen LogP contribution in [0.2, 0.25) is 0 Å². The minimum absolute atomic E-state index is 0.0620. The molecule has 1 atom stereocenters. The summed E-state index contributed by atoms with van der Waals surface area (Å²) in [6.07, 6.45) is 3.69. The summed E-state index contributed by atoms with van der Waals surface area (Å²) in [6, 6.07) is 3.61. The fourth-order valence-corrected chi connectivity index (χ4v) is 1.67. The van der Waals surface area contributed by atoms with E-state index in [4.69, 9.17) is 0 Å². The number of hydrogen-bond acceptors (Lipinski definition) is 2. The zero-order chi connectivity index (χ0) is 12.2. The van der Waals surface area contributed by atoms with Gasteiger partial charge < -0.3 is 9.88 Å². The van der Waals surface area contributed by atoms with E-state index in [0.717, 1.165) is 13.1 Å². The van der Waals surface area contributed by atoms with Gasteiger partial charge in [0.1, 0.15) is 0 Å². The van der Waals surface area contributed by atoms with E-state index < -0.39 is 0 Å². The summed E-state index contributed by atoms with van der Waals surface area (Å²) < 4.78 is 2.06. The predicted octanol–water partition coefficient (Wildman–Crippen LogP) is 1.87. The molecule has 1 rings (SSSR count). The van der Waals surface area contributed by atoms with Crippen molar-refractivity contribution >= 4 is 0 Å². The van der Waals surface area contributed by atoms with Crippen molar-refractivity contribution in [3.05, 3.63) is 34.7 Å². The standard InChI is InChI=1S/C13H22N2O/c1-5-14-12(13(2,3)4)10-15-8-6-11(16)7-9-15/h6-9,12,14H,5,10H2,1-4H3. The SMILES string of the molecule is CCNC(Cn1ccc(=O)cc1)C(C)(C)C. The Labute approximate surface area is 97.5 Å². The van der Waals surface area contributed by atoms with Gasteiger partial charge in [-0.2, -0.15) is 0 Å². The molecular weight excluding hydrogens is 200 g/mol. The Bertz CT molecular complexity index is 356. The summed E-state index contributed by atoms with van der Waals surface area (Å²) in [5.74, 6) is 0. The lowest BCUT2D eigenvalue weighted by Gasteiger charge is -2.32. The number of rotatable bonds is 4. The maximum atomic E-state index is 11.0. The second-order valence-corrected chi connectivity index (χ2v) is 5.21. The van der Waals surface area contributed by atoms with Crippen LogP contribution in [0.15, 0.2) is 29.3 Å². The molecule has 0 aliphatic carbocycles. The van der Waals surface area contributed by atoms with Gasteiger partial charge in [0.2, 0.25) is 0 Å². The van der Waals surface area contributed by atoms with Crippen molar-refractivity contribution in [1.29, 1.82) is 0 Å². The molecule has 16 heavy (non-hydrogen) atoms. The molecule has 1 heterocycles. The summed E-state index contributed by atoms with van der Waals surface area (Å²) in [5.41, 5.74) is 0.270. The van der Waals surface area contributed by atoms with Crippen LogP contribution in [0.25, 0.3) is 0 Å². The maximum Gasteiger partial charge on any atom is 0.181 e. The molecule has 3 nitrogen and oxygen atoms in total. The number of nitrogens with one attached hydrogen (secondary N) is 1. The van der Waals surface area contributed by atoms with Crippen LogP contribution in [0.3, 0.4) is 0 Å². The normalized spacial score (nSPS) is 13.8. The molecule has 0 saturated carbocycles. The van der Waals surface area contributed by atoms with Gasteiger partial charge in [-0.1, -0.05) is 27.7 Å². The van der Waals surface area contributed by atoms with Gasteiger partial charge in [0.05, 0.1) is 0 Å². The minimum Gasteiger partial charge on any atom is -0.352 e. The molecule has 1 unspecified atom stereocenters. The molecule has 3 heteroatoms. The molecule has 90 valence electrons.